The molecule has 30 heavy (non-hydrogen) atoms. The van der Waals surface area contributed by atoms with E-state index < -0.39 is 0 Å². The Hall–Kier alpha value is -2.29. The number of pyridine rings is 1. The first-order chi connectivity index (χ1) is 14.1. The Labute approximate surface area is 191 Å². The third kappa shape index (κ3) is 5.06. The number of benzene rings is 2. The van der Waals surface area contributed by atoms with E-state index in [1.165, 1.54) is 16.3 Å². The number of aliphatic hydroxyl groups is 1. The first-order valence-electron chi connectivity index (χ1n) is 10.4. The number of nitrogens with zero attached hydrogens (tertiary/aromatic N) is 1. The fraction of sp³-hybridized carbons (Fsp3) is 0.308. The number of aromatic nitrogens is 1. The number of Topliss-reactive ketones (excluding diaryl/α,β-unsaturated/α-hetero) is 1. The van der Waals surface area contributed by atoms with E-state index in [0.29, 0.717) is 18.1 Å². The number of ketones is 1. The Morgan fingerprint density at radius 3 is 2.47 bits per heavy atom. The maximum atomic E-state index is 11.4. The molecule has 0 aliphatic heterocycles. The minimum absolute atomic E-state index is 0. The normalized spacial score (nSPS) is 18.2. The molecule has 3 nitrogen and oxygen atoms in total. The van der Waals surface area contributed by atoms with Gasteiger partial charge in [-0.3, -0.25) is 4.79 Å². The molecule has 2 aromatic carbocycles. The van der Waals surface area contributed by atoms with Gasteiger partial charge in [0.25, 0.3) is 0 Å². The molecule has 1 fully saturated rings. The van der Waals surface area contributed by atoms with Gasteiger partial charge in [0.15, 0.2) is 5.78 Å². The van der Waals surface area contributed by atoms with Crippen LogP contribution in [0.5, 0.6) is 0 Å². The molecule has 2 aliphatic carbocycles. The molecule has 1 saturated carbocycles. The van der Waals surface area contributed by atoms with Gasteiger partial charge < -0.3 is 10.1 Å². The smallest absolute Gasteiger partial charge is 0.162 e. The van der Waals surface area contributed by atoms with Gasteiger partial charge in [0.2, 0.25) is 0 Å². The molecule has 4 heteroatoms. The summed E-state index contributed by atoms with van der Waals surface area (Å²) in [6, 6.07) is 19.8. The summed E-state index contributed by atoms with van der Waals surface area (Å²) in [5.41, 5.74) is 4.01. The van der Waals surface area contributed by atoms with E-state index in [1.807, 2.05) is 24.4 Å². The Balaban J connectivity index is 0.000000175. The summed E-state index contributed by atoms with van der Waals surface area (Å²) in [7, 11) is 0. The van der Waals surface area contributed by atoms with Gasteiger partial charge in [-0.25, -0.2) is 0 Å². The van der Waals surface area contributed by atoms with Crippen LogP contribution in [-0.2, 0) is 24.9 Å². The summed E-state index contributed by atoms with van der Waals surface area (Å²) in [5, 5.41) is 11.9. The standard InChI is InChI=1S/C16H12N.C10H14O2.Ir/c1-12-6-8-13(9-7-12)16-10-14-4-2-3-5-15(14)11-17-16;11-8-5-1-3-7-4-2-6-9(12)10(7)8;/h2-8,10-11H,1H3;7,11H,1-6H2;/q-1;;. The number of rotatable bonds is 1. The first kappa shape index (κ1) is 22.4. The van der Waals surface area contributed by atoms with Crippen molar-refractivity contribution in [3.63, 3.8) is 0 Å². The average molecular weight is 577 g/mol. The molecule has 1 heterocycles. The van der Waals surface area contributed by atoms with Gasteiger partial charge in [0, 0.05) is 44.7 Å². The SMILES string of the molecule is Cc1c[c-]c(-c2cc3ccccc3cn2)cc1.O=C1CCCC2CCCC(O)=C12.[Ir]. The van der Waals surface area contributed by atoms with Crippen molar-refractivity contribution in [2.45, 2.75) is 45.4 Å². The summed E-state index contributed by atoms with van der Waals surface area (Å²) >= 11 is 0. The van der Waals surface area contributed by atoms with Crippen molar-refractivity contribution in [1.29, 1.82) is 0 Å². The number of carbonyl (C=O) groups excluding carboxylic acids is 1. The molecule has 1 N–H and O–H groups in total. The second kappa shape index (κ2) is 10.1. The van der Waals surface area contributed by atoms with Crippen LogP contribution in [0.2, 0.25) is 0 Å². The Morgan fingerprint density at radius 1 is 1.03 bits per heavy atom. The molecule has 0 saturated heterocycles. The average Bonchev–Trinajstić information content (AvgIpc) is 2.75. The number of aryl methyl sites for hydroxylation is 1. The predicted octanol–water partition coefficient (Wildman–Crippen LogP) is 6.36. The monoisotopic (exact) mass is 577 g/mol. The molecule has 2 aliphatic rings. The second-order valence-electron chi connectivity index (χ2n) is 7.96. The summed E-state index contributed by atoms with van der Waals surface area (Å²) < 4.78 is 0. The Kier molecular flexibility index (Phi) is 7.58. The molecule has 1 unspecified atom stereocenters. The zero-order valence-corrected chi connectivity index (χ0v) is 19.5. The van der Waals surface area contributed by atoms with Crippen LogP contribution in [0.1, 0.15) is 44.1 Å². The van der Waals surface area contributed by atoms with E-state index in [0.717, 1.165) is 48.9 Å². The molecule has 3 aromatic rings. The number of fused-ring (bicyclic) bond motifs is 2. The van der Waals surface area contributed by atoms with Crippen LogP contribution in [0.25, 0.3) is 22.0 Å². The van der Waals surface area contributed by atoms with E-state index >= 15 is 0 Å². The summed E-state index contributed by atoms with van der Waals surface area (Å²) in [5.74, 6) is 0.972. The maximum absolute atomic E-state index is 11.4. The Bertz CT molecular complexity index is 1060. The van der Waals surface area contributed by atoms with E-state index in [1.54, 1.807) is 0 Å². The van der Waals surface area contributed by atoms with Crippen molar-refractivity contribution >= 4 is 16.6 Å². The van der Waals surface area contributed by atoms with Gasteiger partial charge in [-0.15, -0.1) is 35.4 Å². The predicted molar refractivity (Wildman–Crippen MR) is 117 cm³/mol. The van der Waals surface area contributed by atoms with Crippen LogP contribution >= 0.6 is 0 Å². The van der Waals surface area contributed by atoms with E-state index in [9.17, 15) is 9.90 Å². The zero-order chi connectivity index (χ0) is 20.2. The van der Waals surface area contributed by atoms with Crippen molar-refractivity contribution < 1.29 is 30.0 Å². The topological polar surface area (TPSA) is 50.2 Å². The number of carbonyl (C=O) groups is 1. The molecule has 157 valence electrons. The van der Waals surface area contributed by atoms with Gasteiger partial charge in [-0.2, -0.15) is 0 Å². The fourth-order valence-electron chi connectivity index (χ4n) is 4.24. The zero-order valence-electron chi connectivity index (χ0n) is 17.2. The van der Waals surface area contributed by atoms with Crippen LogP contribution in [0.4, 0.5) is 0 Å². The van der Waals surface area contributed by atoms with Gasteiger partial charge in [0.1, 0.15) is 0 Å². The van der Waals surface area contributed by atoms with Crippen LogP contribution in [0.3, 0.4) is 0 Å². The van der Waals surface area contributed by atoms with Crippen molar-refractivity contribution in [2.75, 3.05) is 0 Å². The van der Waals surface area contributed by atoms with Crippen LogP contribution in [0.15, 0.2) is 66.1 Å². The number of hydrogen-bond donors (Lipinski definition) is 1. The fourth-order valence-corrected chi connectivity index (χ4v) is 4.24. The molecule has 5 rings (SSSR count). The molecular formula is C26H26IrNO2-. The molecular weight excluding hydrogens is 551 g/mol. The largest absolute Gasteiger partial charge is 0.512 e. The molecule has 0 amide bonds. The minimum Gasteiger partial charge on any atom is -0.512 e. The van der Waals surface area contributed by atoms with Gasteiger partial charge in [-0.1, -0.05) is 37.3 Å². The van der Waals surface area contributed by atoms with E-state index in [-0.39, 0.29) is 25.9 Å². The first-order valence-corrected chi connectivity index (χ1v) is 10.4. The molecule has 0 spiro atoms. The third-order valence-electron chi connectivity index (χ3n) is 5.82. The Morgan fingerprint density at radius 2 is 1.77 bits per heavy atom. The molecule has 1 atom stereocenters. The van der Waals surface area contributed by atoms with Crippen LogP contribution in [0, 0.1) is 18.9 Å². The third-order valence-corrected chi connectivity index (χ3v) is 5.82. The summed E-state index contributed by atoms with van der Waals surface area (Å²) in [4.78, 5) is 15.9. The number of aliphatic hydroxyl groups excluding tert-OH is 1. The molecule has 0 bridgehead atoms. The van der Waals surface area contributed by atoms with Gasteiger partial charge in [-0.05, 0) is 48.1 Å². The molecule has 1 radical (unpaired) electrons. The van der Waals surface area contributed by atoms with E-state index in [2.05, 4.69) is 48.3 Å². The number of allylic oxidation sites excluding steroid dienone is 2. The van der Waals surface area contributed by atoms with Crippen molar-refractivity contribution in [3.8, 4) is 11.3 Å². The second-order valence-corrected chi connectivity index (χ2v) is 7.96. The summed E-state index contributed by atoms with van der Waals surface area (Å²) in [6.07, 6.45) is 7.55. The van der Waals surface area contributed by atoms with Crippen molar-refractivity contribution in [1.82, 2.24) is 4.98 Å². The molecule has 1 aromatic heterocycles. The van der Waals surface area contributed by atoms with Crippen LogP contribution < -0.4 is 0 Å². The van der Waals surface area contributed by atoms with Crippen molar-refractivity contribution in [2.24, 2.45) is 5.92 Å². The van der Waals surface area contributed by atoms with E-state index in [4.69, 9.17) is 0 Å². The number of hydrogen-bond acceptors (Lipinski definition) is 3. The van der Waals surface area contributed by atoms with Crippen molar-refractivity contribution in [3.05, 3.63) is 77.7 Å². The van der Waals surface area contributed by atoms with Crippen LogP contribution in [-0.4, -0.2) is 15.9 Å². The minimum atomic E-state index is 0. The van der Waals surface area contributed by atoms with Gasteiger partial charge >= 0.3 is 0 Å². The quantitative estimate of drug-likeness (QED) is 0.343. The van der Waals surface area contributed by atoms with Gasteiger partial charge in [0.05, 0.1) is 5.76 Å². The summed E-state index contributed by atoms with van der Waals surface area (Å²) in [6.45, 7) is 2.06. The maximum Gasteiger partial charge on any atom is 0.162 e.